The fourth-order valence-electron chi connectivity index (χ4n) is 2.00. The first-order valence-electron chi connectivity index (χ1n) is 6.29. The number of nitrogen functional groups attached to an aromatic ring is 1. The second-order valence-corrected chi connectivity index (χ2v) is 4.67. The summed E-state index contributed by atoms with van der Waals surface area (Å²) in [5.41, 5.74) is 7.21. The largest absolute Gasteiger partial charge is 0.397 e. The number of nitrogens with two attached hydrogens (primary N) is 1. The van der Waals surface area contributed by atoms with Crippen LogP contribution in [0.1, 0.15) is 31.2 Å². The predicted molar refractivity (Wildman–Crippen MR) is 70.2 cm³/mol. The van der Waals surface area contributed by atoms with Gasteiger partial charge in [-0.1, -0.05) is 0 Å². The Morgan fingerprint density at radius 2 is 2.44 bits per heavy atom. The number of nitrogens with one attached hydrogen (secondary N) is 1. The van der Waals surface area contributed by atoms with E-state index < -0.39 is 0 Å². The van der Waals surface area contributed by atoms with Crippen LogP contribution in [-0.2, 0) is 9.53 Å². The van der Waals surface area contributed by atoms with E-state index in [4.69, 9.17) is 10.5 Å². The summed E-state index contributed by atoms with van der Waals surface area (Å²) in [4.78, 5) is 15.9. The molecule has 1 amide bonds. The van der Waals surface area contributed by atoms with Crippen molar-refractivity contribution in [2.45, 2.75) is 38.7 Å². The molecule has 1 aromatic heterocycles. The van der Waals surface area contributed by atoms with Crippen LogP contribution in [0.15, 0.2) is 12.3 Å². The lowest BCUT2D eigenvalue weighted by Gasteiger charge is -2.21. The van der Waals surface area contributed by atoms with Gasteiger partial charge in [-0.3, -0.25) is 4.79 Å². The Labute approximate surface area is 107 Å². The zero-order chi connectivity index (χ0) is 13.0. The number of carbonyl (C=O) groups is 1. The van der Waals surface area contributed by atoms with Crippen molar-refractivity contribution in [3.05, 3.63) is 17.8 Å². The standard InChI is InChI=1S/C13H19N3O2/c1-9-6-12(15-8-11(9)14)16-13(17)7-10-4-2-3-5-18-10/h6,8,10H,2-5,7,14H2,1H3,(H,15,16,17). The Kier molecular flexibility index (Phi) is 4.15. The molecule has 1 aromatic rings. The highest BCUT2D eigenvalue weighted by Crippen LogP contribution is 2.17. The summed E-state index contributed by atoms with van der Waals surface area (Å²) in [6, 6.07) is 1.77. The van der Waals surface area contributed by atoms with Gasteiger partial charge in [-0.15, -0.1) is 0 Å². The molecule has 98 valence electrons. The van der Waals surface area contributed by atoms with Crippen LogP contribution in [0, 0.1) is 6.92 Å². The molecule has 2 rings (SSSR count). The predicted octanol–water partition coefficient (Wildman–Crippen LogP) is 1.87. The maximum atomic E-state index is 11.8. The first-order valence-corrected chi connectivity index (χ1v) is 6.29. The molecular formula is C13H19N3O2. The summed E-state index contributed by atoms with van der Waals surface area (Å²) in [5.74, 6) is 0.487. The van der Waals surface area contributed by atoms with E-state index >= 15 is 0 Å². The highest BCUT2D eigenvalue weighted by atomic mass is 16.5. The van der Waals surface area contributed by atoms with Gasteiger partial charge in [0.1, 0.15) is 5.82 Å². The lowest BCUT2D eigenvalue weighted by Crippen LogP contribution is -2.25. The zero-order valence-electron chi connectivity index (χ0n) is 10.6. The summed E-state index contributed by atoms with van der Waals surface area (Å²) in [6.07, 6.45) is 5.19. The SMILES string of the molecule is Cc1cc(NC(=O)CC2CCCCO2)ncc1N. The number of rotatable bonds is 3. The number of hydrogen-bond acceptors (Lipinski definition) is 4. The van der Waals surface area contributed by atoms with E-state index in [1.165, 1.54) is 0 Å². The number of anilines is 2. The minimum atomic E-state index is -0.0569. The van der Waals surface area contributed by atoms with Crippen molar-refractivity contribution >= 4 is 17.4 Å². The van der Waals surface area contributed by atoms with Gasteiger partial charge in [0.05, 0.1) is 24.4 Å². The van der Waals surface area contributed by atoms with E-state index in [0.29, 0.717) is 17.9 Å². The number of carbonyl (C=O) groups excluding carboxylic acids is 1. The van der Waals surface area contributed by atoms with Gasteiger partial charge >= 0.3 is 0 Å². The van der Waals surface area contributed by atoms with Gasteiger partial charge in [-0.25, -0.2) is 4.98 Å². The molecule has 0 aromatic carbocycles. The average Bonchev–Trinajstić information content (AvgIpc) is 2.35. The fraction of sp³-hybridized carbons (Fsp3) is 0.538. The molecule has 0 saturated carbocycles. The molecule has 1 aliphatic heterocycles. The van der Waals surface area contributed by atoms with Gasteiger partial charge in [-0.2, -0.15) is 0 Å². The Morgan fingerprint density at radius 3 is 3.11 bits per heavy atom. The molecule has 1 saturated heterocycles. The summed E-state index contributed by atoms with van der Waals surface area (Å²) in [7, 11) is 0. The quantitative estimate of drug-likeness (QED) is 0.857. The first kappa shape index (κ1) is 12.8. The van der Waals surface area contributed by atoms with Crippen LogP contribution in [0.5, 0.6) is 0 Å². The highest BCUT2D eigenvalue weighted by molar-refractivity contribution is 5.90. The summed E-state index contributed by atoms with van der Waals surface area (Å²) in [5, 5.41) is 2.77. The van der Waals surface area contributed by atoms with Crippen molar-refractivity contribution in [1.82, 2.24) is 4.98 Å². The van der Waals surface area contributed by atoms with Crippen molar-refractivity contribution in [1.29, 1.82) is 0 Å². The van der Waals surface area contributed by atoms with Gasteiger partial charge in [0.2, 0.25) is 5.91 Å². The van der Waals surface area contributed by atoms with Crippen LogP contribution in [0.25, 0.3) is 0 Å². The topological polar surface area (TPSA) is 77.2 Å². The number of hydrogen-bond donors (Lipinski definition) is 2. The molecule has 0 radical (unpaired) electrons. The monoisotopic (exact) mass is 249 g/mol. The number of aryl methyl sites for hydroxylation is 1. The van der Waals surface area contributed by atoms with Crippen LogP contribution >= 0.6 is 0 Å². The van der Waals surface area contributed by atoms with E-state index in [1.54, 1.807) is 12.3 Å². The highest BCUT2D eigenvalue weighted by Gasteiger charge is 2.17. The third kappa shape index (κ3) is 3.43. The third-order valence-electron chi connectivity index (χ3n) is 3.11. The molecule has 0 bridgehead atoms. The molecule has 1 aliphatic rings. The van der Waals surface area contributed by atoms with Gasteiger partial charge in [0.25, 0.3) is 0 Å². The van der Waals surface area contributed by atoms with Crippen molar-refractivity contribution in [3.8, 4) is 0 Å². The molecule has 1 fully saturated rings. The maximum Gasteiger partial charge on any atom is 0.228 e. The van der Waals surface area contributed by atoms with Crippen molar-refractivity contribution < 1.29 is 9.53 Å². The fourth-order valence-corrected chi connectivity index (χ4v) is 2.00. The minimum absolute atomic E-state index is 0.0497. The van der Waals surface area contributed by atoms with E-state index in [1.807, 2.05) is 6.92 Å². The normalized spacial score (nSPS) is 19.5. The number of ether oxygens (including phenoxy) is 1. The molecule has 1 atom stereocenters. The summed E-state index contributed by atoms with van der Waals surface area (Å²) < 4.78 is 5.53. The number of pyridine rings is 1. The van der Waals surface area contributed by atoms with Crippen LogP contribution in [0.3, 0.4) is 0 Å². The third-order valence-corrected chi connectivity index (χ3v) is 3.11. The molecule has 0 aliphatic carbocycles. The Morgan fingerprint density at radius 1 is 1.61 bits per heavy atom. The Hall–Kier alpha value is -1.62. The summed E-state index contributed by atoms with van der Waals surface area (Å²) in [6.45, 7) is 2.65. The number of nitrogens with zero attached hydrogens (tertiary/aromatic N) is 1. The maximum absolute atomic E-state index is 11.8. The van der Waals surface area contributed by atoms with Crippen LogP contribution in [-0.4, -0.2) is 23.6 Å². The number of amides is 1. The van der Waals surface area contributed by atoms with E-state index in [0.717, 1.165) is 31.4 Å². The van der Waals surface area contributed by atoms with Crippen molar-refractivity contribution in [2.75, 3.05) is 17.7 Å². The lowest BCUT2D eigenvalue weighted by molar-refractivity contribution is -0.119. The lowest BCUT2D eigenvalue weighted by atomic mass is 10.1. The molecule has 5 heteroatoms. The average molecular weight is 249 g/mol. The summed E-state index contributed by atoms with van der Waals surface area (Å²) >= 11 is 0. The Balaban J connectivity index is 1.88. The molecule has 1 unspecified atom stereocenters. The molecular weight excluding hydrogens is 230 g/mol. The van der Waals surface area contributed by atoms with E-state index in [9.17, 15) is 4.79 Å². The zero-order valence-corrected chi connectivity index (χ0v) is 10.6. The van der Waals surface area contributed by atoms with Crippen molar-refractivity contribution in [2.24, 2.45) is 0 Å². The molecule has 0 spiro atoms. The van der Waals surface area contributed by atoms with Gasteiger partial charge in [0.15, 0.2) is 0 Å². The molecule has 5 nitrogen and oxygen atoms in total. The second kappa shape index (κ2) is 5.82. The van der Waals surface area contributed by atoms with E-state index in [2.05, 4.69) is 10.3 Å². The van der Waals surface area contributed by atoms with Crippen LogP contribution < -0.4 is 11.1 Å². The Bertz CT molecular complexity index is 428. The molecule has 2 heterocycles. The van der Waals surface area contributed by atoms with Crippen LogP contribution in [0.4, 0.5) is 11.5 Å². The number of aromatic nitrogens is 1. The smallest absolute Gasteiger partial charge is 0.228 e. The van der Waals surface area contributed by atoms with Crippen molar-refractivity contribution in [3.63, 3.8) is 0 Å². The van der Waals surface area contributed by atoms with Gasteiger partial charge in [-0.05, 0) is 37.8 Å². The van der Waals surface area contributed by atoms with Gasteiger partial charge in [0, 0.05) is 6.61 Å². The molecule has 18 heavy (non-hydrogen) atoms. The first-order chi connectivity index (χ1) is 8.65. The second-order valence-electron chi connectivity index (χ2n) is 4.67. The van der Waals surface area contributed by atoms with Crippen LogP contribution in [0.2, 0.25) is 0 Å². The molecule has 3 N–H and O–H groups in total. The van der Waals surface area contributed by atoms with E-state index in [-0.39, 0.29) is 12.0 Å². The minimum Gasteiger partial charge on any atom is -0.397 e. The van der Waals surface area contributed by atoms with Gasteiger partial charge < -0.3 is 15.8 Å².